The van der Waals surface area contributed by atoms with E-state index in [9.17, 15) is 22.8 Å². The predicted octanol–water partition coefficient (Wildman–Crippen LogP) is 4.18. The third-order valence-corrected chi connectivity index (χ3v) is 4.16. The molecule has 0 spiro atoms. The van der Waals surface area contributed by atoms with Crippen molar-refractivity contribution < 1.29 is 22.8 Å². The molecule has 0 saturated heterocycles. The monoisotopic (exact) mass is 398 g/mol. The molecule has 0 aliphatic carbocycles. The first-order chi connectivity index (χ1) is 12.8. The van der Waals surface area contributed by atoms with Crippen LogP contribution in [0.15, 0.2) is 36.4 Å². The Bertz CT molecular complexity index is 846. The average molecular weight is 399 g/mol. The SMILES string of the molecule is CC(=O)N(CCC(=O)Nc1ccc(F)c(F)c1F)CCc1cccc(Cl)c1. The van der Waals surface area contributed by atoms with Gasteiger partial charge in [0.05, 0.1) is 5.69 Å². The van der Waals surface area contributed by atoms with Crippen LogP contribution in [-0.2, 0) is 16.0 Å². The lowest BCUT2D eigenvalue weighted by Gasteiger charge is -2.21. The number of amides is 2. The number of hydrogen-bond acceptors (Lipinski definition) is 2. The first-order valence-electron chi connectivity index (χ1n) is 8.21. The van der Waals surface area contributed by atoms with E-state index in [0.717, 1.165) is 17.7 Å². The Morgan fingerprint density at radius 2 is 1.81 bits per heavy atom. The van der Waals surface area contributed by atoms with Gasteiger partial charge in [-0.1, -0.05) is 23.7 Å². The number of nitrogens with zero attached hydrogens (tertiary/aromatic N) is 1. The van der Waals surface area contributed by atoms with Crippen LogP contribution in [0, 0.1) is 17.5 Å². The van der Waals surface area contributed by atoms with Crippen LogP contribution in [-0.4, -0.2) is 29.8 Å². The van der Waals surface area contributed by atoms with Gasteiger partial charge in [-0.15, -0.1) is 0 Å². The van der Waals surface area contributed by atoms with Gasteiger partial charge in [-0.25, -0.2) is 13.2 Å². The van der Waals surface area contributed by atoms with Gasteiger partial charge in [-0.2, -0.15) is 0 Å². The van der Waals surface area contributed by atoms with Crippen LogP contribution in [0.3, 0.4) is 0 Å². The van der Waals surface area contributed by atoms with Crippen molar-refractivity contribution in [3.05, 3.63) is 64.4 Å². The highest BCUT2D eigenvalue weighted by Gasteiger charge is 2.16. The Labute approximate surface area is 159 Å². The quantitative estimate of drug-likeness (QED) is 0.711. The third-order valence-electron chi connectivity index (χ3n) is 3.92. The first-order valence-corrected chi connectivity index (χ1v) is 8.59. The summed E-state index contributed by atoms with van der Waals surface area (Å²) >= 11 is 5.92. The average Bonchev–Trinajstić information content (AvgIpc) is 2.62. The molecule has 2 rings (SSSR count). The molecule has 0 aliphatic rings. The van der Waals surface area contributed by atoms with E-state index in [1.807, 2.05) is 6.07 Å². The van der Waals surface area contributed by atoms with Crippen molar-refractivity contribution in [2.45, 2.75) is 19.8 Å². The highest BCUT2D eigenvalue weighted by molar-refractivity contribution is 6.30. The number of halogens is 4. The van der Waals surface area contributed by atoms with Gasteiger partial charge in [0.25, 0.3) is 0 Å². The second-order valence-electron chi connectivity index (χ2n) is 5.91. The van der Waals surface area contributed by atoms with Gasteiger partial charge in [-0.3, -0.25) is 9.59 Å². The summed E-state index contributed by atoms with van der Waals surface area (Å²) in [4.78, 5) is 25.2. The molecule has 8 heteroatoms. The van der Waals surface area contributed by atoms with Crippen LogP contribution in [0.25, 0.3) is 0 Å². The molecular weight excluding hydrogens is 381 g/mol. The van der Waals surface area contributed by atoms with E-state index in [1.165, 1.54) is 11.8 Å². The summed E-state index contributed by atoms with van der Waals surface area (Å²) in [7, 11) is 0. The van der Waals surface area contributed by atoms with Crippen molar-refractivity contribution in [3.8, 4) is 0 Å². The molecule has 27 heavy (non-hydrogen) atoms. The molecule has 2 amide bonds. The minimum absolute atomic E-state index is 0.104. The molecule has 0 aromatic heterocycles. The van der Waals surface area contributed by atoms with Crippen molar-refractivity contribution in [3.63, 3.8) is 0 Å². The first kappa shape index (κ1) is 20.8. The Kier molecular flexibility index (Phi) is 7.24. The molecule has 0 heterocycles. The zero-order valence-electron chi connectivity index (χ0n) is 14.6. The zero-order valence-corrected chi connectivity index (χ0v) is 15.3. The van der Waals surface area contributed by atoms with E-state index >= 15 is 0 Å². The van der Waals surface area contributed by atoms with Gasteiger partial charge in [0.1, 0.15) is 0 Å². The summed E-state index contributed by atoms with van der Waals surface area (Å²) in [6.07, 6.45) is 0.438. The van der Waals surface area contributed by atoms with Gasteiger partial charge in [0, 0.05) is 31.5 Å². The fourth-order valence-electron chi connectivity index (χ4n) is 2.45. The number of hydrogen-bond donors (Lipinski definition) is 1. The summed E-state index contributed by atoms with van der Waals surface area (Å²) in [5, 5.41) is 2.77. The lowest BCUT2D eigenvalue weighted by Crippen LogP contribution is -2.33. The fourth-order valence-corrected chi connectivity index (χ4v) is 2.67. The van der Waals surface area contributed by atoms with Crippen molar-refractivity contribution in [2.24, 2.45) is 0 Å². The summed E-state index contributed by atoms with van der Waals surface area (Å²) < 4.78 is 39.7. The minimum Gasteiger partial charge on any atom is -0.342 e. The van der Waals surface area contributed by atoms with E-state index in [2.05, 4.69) is 5.32 Å². The van der Waals surface area contributed by atoms with Crippen molar-refractivity contribution in [1.29, 1.82) is 0 Å². The number of nitrogens with one attached hydrogen (secondary N) is 1. The molecule has 2 aromatic rings. The Morgan fingerprint density at radius 1 is 1.07 bits per heavy atom. The Balaban J connectivity index is 1.90. The van der Waals surface area contributed by atoms with Crippen molar-refractivity contribution in [1.82, 2.24) is 4.90 Å². The molecule has 0 radical (unpaired) electrons. The standard InChI is InChI=1S/C19H18ClF3N2O2/c1-12(26)25(9-7-13-3-2-4-14(20)11-13)10-8-17(27)24-16-6-5-15(21)18(22)19(16)23/h2-6,11H,7-10H2,1H3,(H,24,27). The molecule has 4 nitrogen and oxygen atoms in total. The highest BCUT2D eigenvalue weighted by Crippen LogP contribution is 2.19. The second-order valence-corrected chi connectivity index (χ2v) is 6.34. The van der Waals surface area contributed by atoms with E-state index in [1.54, 1.807) is 18.2 Å². The molecule has 0 atom stereocenters. The maximum Gasteiger partial charge on any atom is 0.226 e. The second kappa shape index (κ2) is 9.41. The Morgan fingerprint density at radius 3 is 2.48 bits per heavy atom. The van der Waals surface area contributed by atoms with Gasteiger partial charge >= 0.3 is 0 Å². The number of carbonyl (C=O) groups excluding carboxylic acids is 2. The molecule has 0 aliphatic heterocycles. The molecule has 1 N–H and O–H groups in total. The van der Waals surface area contributed by atoms with E-state index in [0.29, 0.717) is 18.0 Å². The van der Waals surface area contributed by atoms with Gasteiger partial charge in [-0.05, 0) is 36.2 Å². The lowest BCUT2D eigenvalue weighted by atomic mass is 10.1. The van der Waals surface area contributed by atoms with E-state index in [-0.39, 0.29) is 18.9 Å². The van der Waals surface area contributed by atoms with Crippen LogP contribution in [0.4, 0.5) is 18.9 Å². The maximum atomic E-state index is 13.6. The number of anilines is 1. The van der Waals surface area contributed by atoms with Crippen molar-refractivity contribution in [2.75, 3.05) is 18.4 Å². The minimum atomic E-state index is -1.65. The fraction of sp³-hybridized carbons (Fsp3) is 0.263. The van der Waals surface area contributed by atoms with E-state index in [4.69, 9.17) is 11.6 Å². The lowest BCUT2D eigenvalue weighted by molar-refractivity contribution is -0.129. The Hall–Kier alpha value is -2.54. The summed E-state index contributed by atoms with van der Waals surface area (Å²) in [6, 6.07) is 8.88. The zero-order chi connectivity index (χ0) is 20.0. The number of carbonyl (C=O) groups is 2. The topological polar surface area (TPSA) is 49.4 Å². The highest BCUT2D eigenvalue weighted by atomic mass is 35.5. The molecule has 0 unspecified atom stereocenters. The third kappa shape index (κ3) is 5.99. The van der Waals surface area contributed by atoms with Gasteiger partial charge in [0.15, 0.2) is 17.5 Å². The number of rotatable bonds is 7. The molecule has 144 valence electrons. The summed E-state index contributed by atoms with van der Waals surface area (Å²) in [6.45, 7) is 1.86. The molecule has 0 fully saturated rings. The smallest absolute Gasteiger partial charge is 0.226 e. The maximum absolute atomic E-state index is 13.6. The largest absolute Gasteiger partial charge is 0.342 e. The van der Waals surface area contributed by atoms with E-state index < -0.39 is 29.0 Å². The van der Waals surface area contributed by atoms with Crippen LogP contribution < -0.4 is 5.32 Å². The van der Waals surface area contributed by atoms with Crippen molar-refractivity contribution >= 4 is 29.1 Å². The molecule has 0 bridgehead atoms. The van der Waals surface area contributed by atoms with Crippen LogP contribution >= 0.6 is 11.6 Å². The molecule has 2 aromatic carbocycles. The normalized spacial score (nSPS) is 10.6. The van der Waals surface area contributed by atoms with Gasteiger partial charge < -0.3 is 10.2 Å². The van der Waals surface area contributed by atoms with Gasteiger partial charge in [0.2, 0.25) is 11.8 Å². The molecular formula is C19H18ClF3N2O2. The summed E-state index contributed by atoms with van der Waals surface area (Å²) in [5.74, 6) is -5.29. The number of benzene rings is 2. The summed E-state index contributed by atoms with van der Waals surface area (Å²) in [5.41, 5.74) is 0.495. The molecule has 0 saturated carbocycles. The predicted molar refractivity (Wildman–Crippen MR) is 97.0 cm³/mol. The van der Waals surface area contributed by atoms with Crippen LogP contribution in [0.1, 0.15) is 18.9 Å². The van der Waals surface area contributed by atoms with Crippen LogP contribution in [0.5, 0.6) is 0 Å². The van der Waals surface area contributed by atoms with Crippen LogP contribution in [0.2, 0.25) is 5.02 Å².